The Morgan fingerprint density at radius 3 is 2.31 bits per heavy atom. The lowest BCUT2D eigenvalue weighted by Gasteiger charge is -2.00. The molecule has 0 radical (unpaired) electrons. The molecule has 9 heteroatoms. The number of rotatable bonds is 2. The Hall–Kier alpha value is -2.71. The molecule has 2 aromatic rings. The highest BCUT2D eigenvalue weighted by atomic mass is 16.4. The van der Waals surface area contributed by atoms with Crippen molar-refractivity contribution in [3.8, 4) is 5.82 Å². The van der Waals surface area contributed by atoms with Crippen LogP contribution in [0.25, 0.3) is 5.82 Å². The number of aromatic carboxylic acids is 1. The van der Waals surface area contributed by atoms with Crippen LogP contribution in [0.4, 0.5) is 0 Å². The van der Waals surface area contributed by atoms with E-state index in [9.17, 15) is 14.4 Å². The summed E-state index contributed by atoms with van der Waals surface area (Å²) in [5.41, 5.74) is -2.10. The van der Waals surface area contributed by atoms with Crippen molar-refractivity contribution in [3.05, 3.63) is 39.1 Å². The van der Waals surface area contributed by atoms with Crippen molar-refractivity contribution in [2.24, 2.45) is 0 Å². The second-order valence-corrected chi connectivity index (χ2v) is 2.73. The summed E-state index contributed by atoms with van der Waals surface area (Å²) in [6.45, 7) is 0. The molecule has 0 aliphatic heterocycles. The van der Waals surface area contributed by atoms with Crippen molar-refractivity contribution in [3.63, 3.8) is 0 Å². The van der Waals surface area contributed by atoms with E-state index in [0.29, 0.717) is 4.57 Å². The van der Waals surface area contributed by atoms with E-state index in [-0.39, 0.29) is 5.82 Å². The number of hydrogen-bond donors (Lipinski definition) is 3. The quantitative estimate of drug-likeness (QED) is 0.558. The fraction of sp³-hybridized carbons (Fsp3) is 0. The summed E-state index contributed by atoms with van der Waals surface area (Å²) in [4.78, 5) is 40.4. The Kier molecular flexibility index (Phi) is 2.12. The van der Waals surface area contributed by atoms with Crippen LogP contribution >= 0.6 is 0 Å². The summed E-state index contributed by atoms with van der Waals surface area (Å²) in [5, 5.41) is 12.8. The number of hydrogen-bond acceptors (Lipinski definition) is 5. The van der Waals surface area contributed by atoms with Crippen molar-refractivity contribution in [1.82, 2.24) is 24.7 Å². The van der Waals surface area contributed by atoms with Gasteiger partial charge in [-0.1, -0.05) is 0 Å². The lowest BCUT2D eigenvalue weighted by Crippen LogP contribution is -2.28. The molecule has 3 N–H and O–H groups in total. The summed E-state index contributed by atoms with van der Waals surface area (Å²) in [5.74, 6) is -1.71. The van der Waals surface area contributed by atoms with Gasteiger partial charge >= 0.3 is 17.3 Å². The molecule has 0 spiro atoms. The van der Waals surface area contributed by atoms with E-state index in [1.165, 1.54) is 6.20 Å². The number of carboxylic acid groups (broad SMARTS) is 1. The average Bonchev–Trinajstić information content (AvgIpc) is 2.58. The molecule has 2 heterocycles. The monoisotopic (exact) mass is 223 g/mol. The Labute approximate surface area is 86.4 Å². The number of aromatic amines is 2. The molecule has 0 saturated heterocycles. The highest BCUT2D eigenvalue weighted by Crippen LogP contribution is 2.02. The zero-order chi connectivity index (χ0) is 11.7. The van der Waals surface area contributed by atoms with Gasteiger partial charge in [0.15, 0.2) is 11.5 Å². The fourth-order valence-corrected chi connectivity index (χ4v) is 1.15. The Morgan fingerprint density at radius 2 is 1.75 bits per heavy atom. The average molecular weight is 223 g/mol. The van der Waals surface area contributed by atoms with Gasteiger partial charge in [-0.2, -0.15) is 4.57 Å². The lowest BCUT2D eigenvalue weighted by atomic mass is 10.4. The van der Waals surface area contributed by atoms with Gasteiger partial charge in [0.25, 0.3) is 0 Å². The van der Waals surface area contributed by atoms with Crippen LogP contribution < -0.4 is 11.4 Å². The number of aromatic nitrogens is 5. The van der Waals surface area contributed by atoms with Gasteiger partial charge < -0.3 is 5.11 Å². The highest BCUT2D eigenvalue weighted by Gasteiger charge is 2.17. The molecule has 2 rings (SSSR count). The standard InChI is InChI=1S/C7H5N5O4/c13-5(14)3-4(9-2-1-8-3)12-6(15)10-11-7(12)16/h1-2H,(H,10,15)(H,11,16)(H,13,14). The number of H-pyrrole nitrogens is 2. The molecule has 0 atom stereocenters. The number of carboxylic acids is 1. The fourth-order valence-electron chi connectivity index (χ4n) is 1.15. The zero-order valence-corrected chi connectivity index (χ0v) is 7.67. The van der Waals surface area contributed by atoms with E-state index in [4.69, 9.17) is 5.11 Å². The van der Waals surface area contributed by atoms with Crippen LogP contribution in [0.5, 0.6) is 0 Å². The van der Waals surface area contributed by atoms with E-state index >= 15 is 0 Å². The van der Waals surface area contributed by atoms with Crippen molar-refractivity contribution in [2.75, 3.05) is 0 Å². The van der Waals surface area contributed by atoms with Crippen LogP contribution in [0, 0.1) is 0 Å². The first kappa shape index (κ1) is 9.83. The Bertz CT molecular complexity index is 624. The molecule has 0 fully saturated rings. The minimum absolute atomic E-state index is 0.331. The first-order valence-corrected chi connectivity index (χ1v) is 4.05. The third-order valence-electron chi connectivity index (χ3n) is 1.78. The summed E-state index contributed by atoms with van der Waals surface area (Å²) in [7, 11) is 0. The van der Waals surface area contributed by atoms with E-state index in [1.807, 2.05) is 10.2 Å². The Balaban J connectivity index is 2.79. The normalized spacial score (nSPS) is 10.2. The Morgan fingerprint density at radius 1 is 1.19 bits per heavy atom. The second kappa shape index (κ2) is 3.46. The first-order chi connectivity index (χ1) is 7.61. The SMILES string of the molecule is O=C(O)c1nccnc1-n1c(=O)[nH][nH]c1=O. The molecule has 2 aromatic heterocycles. The molecule has 0 unspecified atom stereocenters. The van der Waals surface area contributed by atoms with Gasteiger partial charge in [-0.3, -0.25) is 0 Å². The third kappa shape index (κ3) is 1.39. The molecule has 0 bridgehead atoms. The molecule has 0 aliphatic rings. The molecule has 0 amide bonds. The molecule has 82 valence electrons. The van der Waals surface area contributed by atoms with Crippen molar-refractivity contribution in [1.29, 1.82) is 0 Å². The third-order valence-corrected chi connectivity index (χ3v) is 1.78. The van der Waals surface area contributed by atoms with Gasteiger partial charge in [-0.15, -0.1) is 0 Å². The minimum Gasteiger partial charge on any atom is -0.476 e. The zero-order valence-electron chi connectivity index (χ0n) is 7.67. The second-order valence-electron chi connectivity index (χ2n) is 2.73. The number of nitrogens with one attached hydrogen (secondary N) is 2. The van der Waals surface area contributed by atoms with Gasteiger partial charge in [0.05, 0.1) is 0 Å². The minimum atomic E-state index is -1.38. The smallest absolute Gasteiger partial charge is 0.358 e. The van der Waals surface area contributed by atoms with E-state index in [2.05, 4.69) is 9.97 Å². The van der Waals surface area contributed by atoms with Gasteiger partial charge in [-0.25, -0.2) is 34.5 Å². The molecule has 9 nitrogen and oxygen atoms in total. The molecular weight excluding hydrogens is 218 g/mol. The maximum atomic E-state index is 11.2. The van der Waals surface area contributed by atoms with Crippen molar-refractivity contribution < 1.29 is 9.90 Å². The molecule has 0 aliphatic carbocycles. The van der Waals surface area contributed by atoms with Crippen LogP contribution in [0.3, 0.4) is 0 Å². The van der Waals surface area contributed by atoms with Gasteiger partial charge in [0.1, 0.15) is 0 Å². The van der Waals surface area contributed by atoms with Crippen molar-refractivity contribution in [2.45, 2.75) is 0 Å². The van der Waals surface area contributed by atoms with Crippen LogP contribution in [-0.4, -0.2) is 35.8 Å². The van der Waals surface area contributed by atoms with Gasteiger partial charge in [0.2, 0.25) is 0 Å². The van der Waals surface area contributed by atoms with E-state index in [0.717, 1.165) is 6.20 Å². The first-order valence-electron chi connectivity index (χ1n) is 4.05. The summed E-state index contributed by atoms with van der Waals surface area (Å²) in [6.07, 6.45) is 2.33. The molecular formula is C7H5N5O4. The van der Waals surface area contributed by atoms with Crippen LogP contribution in [0.15, 0.2) is 22.0 Å². The summed E-state index contributed by atoms with van der Waals surface area (Å²) >= 11 is 0. The maximum Gasteiger partial charge on any atom is 0.358 e. The summed E-state index contributed by atoms with van der Waals surface area (Å²) < 4.78 is 0.552. The van der Waals surface area contributed by atoms with E-state index in [1.54, 1.807) is 0 Å². The molecule has 16 heavy (non-hydrogen) atoms. The van der Waals surface area contributed by atoms with Crippen LogP contribution in [0.2, 0.25) is 0 Å². The molecule has 0 saturated carbocycles. The highest BCUT2D eigenvalue weighted by molar-refractivity contribution is 5.88. The predicted octanol–water partition coefficient (Wildman–Crippen LogP) is -1.66. The van der Waals surface area contributed by atoms with Crippen molar-refractivity contribution >= 4 is 5.97 Å². The maximum absolute atomic E-state index is 11.2. The predicted molar refractivity (Wildman–Crippen MR) is 49.6 cm³/mol. The van der Waals surface area contributed by atoms with E-state index < -0.39 is 23.0 Å². The van der Waals surface area contributed by atoms with Crippen LogP contribution in [-0.2, 0) is 0 Å². The summed E-state index contributed by atoms with van der Waals surface area (Å²) in [6, 6.07) is 0. The van der Waals surface area contributed by atoms with Crippen LogP contribution in [0.1, 0.15) is 10.5 Å². The largest absolute Gasteiger partial charge is 0.476 e. The van der Waals surface area contributed by atoms with Gasteiger partial charge in [-0.05, 0) is 0 Å². The van der Waals surface area contributed by atoms with Gasteiger partial charge in [0, 0.05) is 12.4 Å². The number of nitrogens with zero attached hydrogens (tertiary/aromatic N) is 3. The number of carbonyl (C=O) groups is 1. The topological polar surface area (TPSA) is 134 Å². The lowest BCUT2D eigenvalue weighted by molar-refractivity contribution is 0.0690. The molecule has 0 aromatic carbocycles.